The van der Waals surface area contributed by atoms with E-state index in [1.165, 1.54) is 11.3 Å². The van der Waals surface area contributed by atoms with E-state index in [2.05, 4.69) is 10.1 Å². The molecule has 2 fully saturated rings. The van der Waals surface area contributed by atoms with Crippen molar-refractivity contribution >= 4 is 17.2 Å². The van der Waals surface area contributed by atoms with Crippen molar-refractivity contribution < 1.29 is 14.1 Å². The van der Waals surface area contributed by atoms with Crippen molar-refractivity contribution in [3.8, 4) is 0 Å². The molecule has 0 N–H and O–H groups in total. The number of fused-ring (bicyclic) bond motifs is 1. The summed E-state index contributed by atoms with van der Waals surface area (Å²) in [7, 11) is 0. The van der Waals surface area contributed by atoms with Gasteiger partial charge < -0.3 is 14.2 Å². The zero-order chi connectivity index (χ0) is 15.1. The van der Waals surface area contributed by atoms with Crippen LogP contribution in [-0.4, -0.2) is 40.1 Å². The molecule has 2 aliphatic heterocycles. The molecule has 0 aromatic carbocycles. The third kappa shape index (κ3) is 2.44. The molecule has 0 spiro atoms. The van der Waals surface area contributed by atoms with Crippen LogP contribution in [-0.2, 0) is 4.74 Å². The Balaban J connectivity index is 1.44. The van der Waals surface area contributed by atoms with E-state index in [0.29, 0.717) is 24.2 Å². The average molecular weight is 319 g/mol. The minimum atomic E-state index is -0.107. The Bertz CT molecular complexity index is 669. The highest BCUT2D eigenvalue weighted by Gasteiger charge is 2.42. The second kappa shape index (κ2) is 5.48. The monoisotopic (exact) mass is 319 g/mol. The van der Waals surface area contributed by atoms with Gasteiger partial charge >= 0.3 is 0 Å². The summed E-state index contributed by atoms with van der Waals surface area (Å²) in [4.78, 5) is 19.4. The molecule has 6 nitrogen and oxygen atoms in total. The number of carbonyl (C=O) groups excluding carboxylic acids is 1. The lowest BCUT2D eigenvalue weighted by molar-refractivity contribution is -0.00734. The summed E-state index contributed by atoms with van der Waals surface area (Å²) in [6.45, 7) is 3.22. The molecule has 2 aromatic heterocycles. The maximum Gasteiger partial charge on any atom is 0.264 e. The summed E-state index contributed by atoms with van der Waals surface area (Å²) in [6, 6.07) is 3.78. The zero-order valence-corrected chi connectivity index (χ0v) is 13.1. The number of amides is 1. The number of likely N-dealkylation sites (tertiary alicyclic amines) is 1. The highest BCUT2D eigenvalue weighted by molar-refractivity contribution is 7.12. The minimum absolute atomic E-state index is 0.0708. The van der Waals surface area contributed by atoms with Gasteiger partial charge in [0.1, 0.15) is 6.10 Å². The number of hydrogen-bond donors (Lipinski definition) is 0. The number of thiophene rings is 1. The Morgan fingerprint density at radius 2 is 2.41 bits per heavy atom. The summed E-state index contributed by atoms with van der Waals surface area (Å²) in [6.07, 6.45) is 1.84. The Kier molecular flexibility index (Phi) is 3.46. The molecule has 22 heavy (non-hydrogen) atoms. The van der Waals surface area contributed by atoms with Crippen molar-refractivity contribution in [2.75, 3.05) is 13.1 Å². The summed E-state index contributed by atoms with van der Waals surface area (Å²) in [5, 5.41) is 5.89. The summed E-state index contributed by atoms with van der Waals surface area (Å²) >= 11 is 1.49. The van der Waals surface area contributed by atoms with Crippen LogP contribution >= 0.6 is 11.3 Å². The molecule has 0 aliphatic carbocycles. The Morgan fingerprint density at radius 3 is 3.14 bits per heavy atom. The molecule has 4 rings (SSSR count). The second-order valence-electron chi connectivity index (χ2n) is 5.85. The van der Waals surface area contributed by atoms with Gasteiger partial charge in [0, 0.05) is 20.0 Å². The molecular weight excluding hydrogens is 302 g/mol. The number of rotatable bonds is 2. The Labute approximate surface area is 132 Å². The third-order valence-electron chi connectivity index (χ3n) is 4.40. The average Bonchev–Trinajstić information content (AvgIpc) is 3.25. The predicted octanol–water partition coefficient (Wildman–Crippen LogP) is 2.43. The van der Waals surface area contributed by atoms with Gasteiger partial charge in [-0.2, -0.15) is 4.98 Å². The summed E-state index contributed by atoms with van der Waals surface area (Å²) in [5.41, 5.74) is 0. The topological polar surface area (TPSA) is 68.5 Å². The van der Waals surface area contributed by atoms with E-state index in [0.717, 1.165) is 24.3 Å². The standard InChI is InChI=1S/C15H17N3O3S/c1-9-16-14(17-21-9)11-7-10-4-5-18(8-12(10)20-11)15(19)13-3-2-6-22-13/h2-3,6,10-12H,4-5,7-8H2,1H3/t10-,11-,12+/m0/s1. The van der Waals surface area contributed by atoms with E-state index in [9.17, 15) is 4.79 Å². The molecule has 7 heteroatoms. The number of ether oxygens (including phenoxy) is 1. The quantitative estimate of drug-likeness (QED) is 0.850. The van der Waals surface area contributed by atoms with Gasteiger partial charge in [0.2, 0.25) is 11.7 Å². The molecule has 3 atom stereocenters. The molecule has 0 radical (unpaired) electrons. The molecule has 1 amide bonds. The number of piperidine rings is 1. The Hall–Kier alpha value is -1.73. The normalized spacial score (nSPS) is 27.9. The maximum atomic E-state index is 12.4. The van der Waals surface area contributed by atoms with Gasteiger partial charge in [0.05, 0.1) is 11.0 Å². The van der Waals surface area contributed by atoms with Gasteiger partial charge in [-0.3, -0.25) is 4.79 Å². The van der Waals surface area contributed by atoms with Crippen LogP contribution in [0, 0.1) is 12.8 Å². The molecule has 4 heterocycles. The van der Waals surface area contributed by atoms with E-state index in [1.54, 1.807) is 6.92 Å². The van der Waals surface area contributed by atoms with Crippen LogP contribution < -0.4 is 0 Å². The summed E-state index contributed by atoms with van der Waals surface area (Å²) in [5.74, 6) is 1.76. The molecule has 0 saturated carbocycles. The molecule has 2 aromatic rings. The highest BCUT2D eigenvalue weighted by Crippen LogP contribution is 2.40. The van der Waals surface area contributed by atoms with Crippen molar-refractivity contribution in [3.63, 3.8) is 0 Å². The molecule has 2 saturated heterocycles. The predicted molar refractivity (Wildman–Crippen MR) is 79.6 cm³/mol. The first-order valence-electron chi connectivity index (χ1n) is 7.49. The van der Waals surface area contributed by atoms with Crippen LogP contribution in [0.15, 0.2) is 22.0 Å². The van der Waals surface area contributed by atoms with Gasteiger partial charge in [0.25, 0.3) is 5.91 Å². The van der Waals surface area contributed by atoms with Crippen molar-refractivity contribution in [1.29, 1.82) is 0 Å². The number of aromatic nitrogens is 2. The van der Waals surface area contributed by atoms with Crippen LogP contribution in [0.3, 0.4) is 0 Å². The lowest BCUT2D eigenvalue weighted by Crippen LogP contribution is -2.45. The van der Waals surface area contributed by atoms with Crippen molar-refractivity contribution in [2.24, 2.45) is 5.92 Å². The first kappa shape index (κ1) is 13.9. The summed E-state index contributed by atoms with van der Waals surface area (Å²) < 4.78 is 11.1. The smallest absolute Gasteiger partial charge is 0.264 e. The highest BCUT2D eigenvalue weighted by atomic mass is 32.1. The van der Waals surface area contributed by atoms with Crippen LogP contribution in [0.25, 0.3) is 0 Å². The maximum absolute atomic E-state index is 12.4. The molecule has 0 unspecified atom stereocenters. The fourth-order valence-corrected chi connectivity index (χ4v) is 3.97. The first-order chi connectivity index (χ1) is 10.7. The van der Waals surface area contributed by atoms with E-state index in [4.69, 9.17) is 9.26 Å². The largest absolute Gasteiger partial charge is 0.365 e. The van der Waals surface area contributed by atoms with Gasteiger partial charge in [-0.05, 0) is 30.2 Å². The van der Waals surface area contributed by atoms with Crippen LogP contribution in [0.5, 0.6) is 0 Å². The SMILES string of the molecule is Cc1nc([C@@H]2C[C@@H]3CCN(C(=O)c4cccs4)C[C@H]3O2)no1. The minimum Gasteiger partial charge on any atom is -0.365 e. The van der Waals surface area contributed by atoms with Gasteiger partial charge in [0.15, 0.2) is 0 Å². The third-order valence-corrected chi connectivity index (χ3v) is 5.26. The van der Waals surface area contributed by atoms with Gasteiger partial charge in [-0.1, -0.05) is 11.2 Å². The lowest BCUT2D eigenvalue weighted by Gasteiger charge is -2.33. The fourth-order valence-electron chi connectivity index (χ4n) is 3.28. The van der Waals surface area contributed by atoms with Crippen LogP contribution in [0.2, 0.25) is 0 Å². The van der Waals surface area contributed by atoms with Gasteiger partial charge in [-0.25, -0.2) is 0 Å². The van der Waals surface area contributed by atoms with Gasteiger partial charge in [-0.15, -0.1) is 11.3 Å². The van der Waals surface area contributed by atoms with E-state index < -0.39 is 0 Å². The van der Waals surface area contributed by atoms with Crippen molar-refractivity contribution in [3.05, 3.63) is 34.1 Å². The van der Waals surface area contributed by atoms with E-state index >= 15 is 0 Å². The fraction of sp³-hybridized carbons (Fsp3) is 0.533. The molecule has 116 valence electrons. The number of hydrogen-bond acceptors (Lipinski definition) is 6. The number of carbonyl (C=O) groups is 1. The van der Waals surface area contributed by atoms with Crippen LogP contribution in [0.1, 0.15) is 40.3 Å². The van der Waals surface area contributed by atoms with E-state index in [1.807, 2.05) is 22.4 Å². The van der Waals surface area contributed by atoms with Crippen LogP contribution in [0.4, 0.5) is 0 Å². The Morgan fingerprint density at radius 1 is 1.50 bits per heavy atom. The number of aryl methyl sites for hydroxylation is 1. The zero-order valence-electron chi connectivity index (χ0n) is 12.3. The molecule has 0 bridgehead atoms. The number of nitrogens with zero attached hydrogens (tertiary/aromatic N) is 3. The van der Waals surface area contributed by atoms with Crippen molar-refractivity contribution in [2.45, 2.75) is 32.0 Å². The molecular formula is C15H17N3O3S. The molecule has 2 aliphatic rings. The van der Waals surface area contributed by atoms with Crippen molar-refractivity contribution in [1.82, 2.24) is 15.0 Å². The first-order valence-corrected chi connectivity index (χ1v) is 8.37. The van der Waals surface area contributed by atoms with E-state index in [-0.39, 0.29) is 18.1 Å². The lowest BCUT2D eigenvalue weighted by atomic mass is 9.91. The second-order valence-corrected chi connectivity index (χ2v) is 6.80.